The summed E-state index contributed by atoms with van der Waals surface area (Å²) in [7, 11) is 0. The largest absolute Gasteiger partial charge is 0.478 e. The molecule has 1 aliphatic rings. The third-order valence-corrected chi connectivity index (χ3v) is 2.77. The van der Waals surface area contributed by atoms with E-state index in [0.29, 0.717) is 11.7 Å². The maximum absolute atomic E-state index is 10.8. The summed E-state index contributed by atoms with van der Waals surface area (Å²) in [6.45, 7) is 1.72. The molecule has 4 nitrogen and oxygen atoms in total. The Morgan fingerprint density at radius 1 is 1.53 bits per heavy atom. The molecule has 1 aromatic rings. The summed E-state index contributed by atoms with van der Waals surface area (Å²) < 4.78 is 0. The van der Waals surface area contributed by atoms with Crippen molar-refractivity contribution in [2.24, 2.45) is 0 Å². The number of aryl methyl sites for hydroxylation is 1. The summed E-state index contributed by atoms with van der Waals surface area (Å²) >= 11 is 0. The van der Waals surface area contributed by atoms with Crippen LogP contribution in [0.2, 0.25) is 0 Å². The number of hydrogen-bond donors (Lipinski definition) is 2. The predicted molar refractivity (Wildman–Crippen MR) is 57.2 cm³/mol. The summed E-state index contributed by atoms with van der Waals surface area (Å²) in [5, 5.41) is 12.1. The quantitative estimate of drug-likeness (QED) is 0.794. The second-order valence-corrected chi connectivity index (χ2v) is 3.91. The number of rotatable bonds is 3. The summed E-state index contributed by atoms with van der Waals surface area (Å²) in [5.41, 5.74) is 0.834. The van der Waals surface area contributed by atoms with Crippen LogP contribution in [0.4, 0.5) is 5.82 Å². The molecule has 1 saturated carbocycles. The molecule has 0 atom stereocenters. The van der Waals surface area contributed by atoms with E-state index in [1.807, 2.05) is 0 Å². The van der Waals surface area contributed by atoms with Crippen molar-refractivity contribution < 1.29 is 9.90 Å². The van der Waals surface area contributed by atoms with Crippen LogP contribution in [0.15, 0.2) is 12.1 Å². The van der Waals surface area contributed by atoms with Crippen LogP contribution in [0.25, 0.3) is 0 Å². The average Bonchev–Trinajstić information content (AvgIpc) is 2.11. The van der Waals surface area contributed by atoms with Gasteiger partial charge in [0.15, 0.2) is 0 Å². The molecule has 0 amide bonds. The van der Waals surface area contributed by atoms with Crippen LogP contribution in [0.1, 0.15) is 35.3 Å². The Labute approximate surface area is 88.3 Å². The molecule has 1 aliphatic carbocycles. The van der Waals surface area contributed by atoms with Gasteiger partial charge in [-0.1, -0.05) is 0 Å². The van der Waals surface area contributed by atoms with Crippen LogP contribution < -0.4 is 5.32 Å². The number of anilines is 1. The topological polar surface area (TPSA) is 62.2 Å². The zero-order chi connectivity index (χ0) is 10.8. The second-order valence-electron chi connectivity index (χ2n) is 3.91. The van der Waals surface area contributed by atoms with Crippen LogP contribution >= 0.6 is 0 Å². The van der Waals surface area contributed by atoms with Crippen LogP contribution in [0.5, 0.6) is 0 Å². The Hall–Kier alpha value is -1.58. The Bertz CT molecular complexity index is 386. The zero-order valence-electron chi connectivity index (χ0n) is 8.66. The lowest BCUT2D eigenvalue weighted by Gasteiger charge is -2.27. The van der Waals surface area contributed by atoms with Gasteiger partial charge in [-0.05, 0) is 38.3 Å². The van der Waals surface area contributed by atoms with Crippen LogP contribution in [-0.2, 0) is 0 Å². The lowest BCUT2D eigenvalue weighted by Crippen LogP contribution is -2.27. The van der Waals surface area contributed by atoms with Crippen molar-refractivity contribution in [3.05, 3.63) is 23.4 Å². The maximum atomic E-state index is 10.8. The molecular formula is C11H14N2O2. The normalized spacial score (nSPS) is 15.8. The van der Waals surface area contributed by atoms with Crippen molar-refractivity contribution in [2.75, 3.05) is 5.32 Å². The van der Waals surface area contributed by atoms with Crippen LogP contribution in [-0.4, -0.2) is 22.1 Å². The molecule has 15 heavy (non-hydrogen) atoms. The molecule has 0 unspecified atom stereocenters. The van der Waals surface area contributed by atoms with E-state index in [0.717, 1.165) is 5.82 Å². The number of nitrogens with one attached hydrogen (secondary N) is 1. The Kier molecular flexibility index (Phi) is 2.58. The highest BCUT2D eigenvalue weighted by atomic mass is 16.4. The van der Waals surface area contributed by atoms with Crippen molar-refractivity contribution in [2.45, 2.75) is 32.2 Å². The summed E-state index contributed by atoms with van der Waals surface area (Å²) in [4.78, 5) is 15.0. The molecule has 0 saturated heterocycles. The van der Waals surface area contributed by atoms with Gasteiger partial charge in [-0.25, -0.2) is 9.78 Å². The van der Waals surface area contributed by atoms with Crippen molar-refractivity contribution in [3.8, 4) is 0 Å². The molecule has 0 bridgehead atoms. The molecule has 1 heterocycles. The molecule has 80 valence electrons. The Morgan fingerprint density at radius 3 is 2.73 bits per heavy atom. The van der Waals surface area contributed by atoms with Gasteiger partial charge in [-0.3, -0.25) is 0 Å². The Morgan fingerprint density at radius 2 is 2.27 bits per heavy atom. The van der Waals surface area contributed by atoms with Crippen molar-refractivity contribution >= 4 is 11.8 Å². The fourth-order valence-corrected chi connectivity index (χ4v) is 1.63. The highest BCUT2D eigenvalue weighted by molar-refractivity contribution is 5.89. The van der Waals surface area contributed by atoms with Crippen molar-refractivity contribution in [1.82, 2.24) is 4.98 Å². The molecule has 0 radical (unpaired) electrons. The van der Waals surface area contributed by atoms with Gasteiger partial charge in [0.05, 0.1) is 11.3 Å². The van der Waals surface area contributed by atoms with Gasteiger partial charge in [-0.15, -0.1) is 0 Å². The first kappa shape index (κ1) is 9.96. The summed E-state index contributed by atoms with van der Waals surface area (Å²) in [6, 6.07) is 3.85. The molecule has 4 heteroatoms. The first-order valence-corrected chi connectivity index (χ1v) is 5.14. The molecule has 2 rings (SSSR count). The standard InChI is InChI=1S/C11H14N2O2/c1-7-9(11(14)15)5-6-10(12-7)13-8-3-2-4-8/h5-6,8H,2-4H2,1H3,(H,12,13)(H,14,15). The van der Waals surface area contributed by atoms with Gasteiger partial charge in [0.2, 0.25) is 0 Å². The van der Waals surface area contributed by atoms with Crippen molar-refractivity contribution in [3.63, 3.8) is 0 Å². The third kappa shape index (κ3) is 2.09. The van der Waals surface area contributed by atoms with E-state index in [-0.39, 0.29) is 5.56 Å². The highest BCUT2D eigenvalue weighted by Gasteiger charge is 2.17. The minimum Gasteiger partial charge on any atom is -0.478 e. The van der Waals surface area contributed by atoms with E-state index >= 15 is 0 Å². The summed E-state index contributed by atoms with van der Waals surface area (Å²) in [5.74, 6) is -0.141. The third-order valence-electron chi connectivity index (χ3n) is 2.77. The van der Waals surface area contributed by atoms with E-state index in [1.165, 1.54) is 19.3 Å². The lowest BCUT2D eigenvalue weighted by molar-refractivity contribution is 0.0695. The number of aromatic carboxylic acids is 1. The van der Waals surface area contributed by atoms with E-state index < -0.39 is 5.97 Å². The number of nitrogens with zero attached hydrogens (tertiary/aromatic N) is 1. The lowest BCUT2D eigenvalue weighted by atomic mass is 9.93. The van der Waals surface area contributed by atoms with E-state index in [2.05, 4.69) is 10.3 Å². The predicted octanol–water partition coefficient (Wildman–Crippen LogP) is 2.05. The zero-order valence-corrected chi connectivity index (χ0v) is 8.66. The van der Waals surface area contributed by atoms with Gasteiger partial charge < -0.3 is 10.4 Å². The number of pyridine rings is 1. The number of carbonyl (C=O) groups is 1. The SMILES string of the molecule is Cc1nc(NC2CCC2)ccc1C(=O)O. The molecule has 1 aromatic heterocycles. The maximum Gasteiger partial charge on any atom is 0.337 e. The van der Waals surface area contributed by atoms with E-state index in [1.54, 1.807) is 19.1 Å². The molecule has 0 aliphatic heterocycles. The van der Waals surface area contributed by atoms with Gasteiger partial charge in [-0.2, -0.15) is 0 Å². The number of carboxylic acids is 1. The molecule has 2 N–H and O–H groups in total. The number of aromatic nitrogens is 1. The number of hydrogen-bond acceptors (Lipinski definition) is 3. The number of carboxylic acid groups (broad SMARTS) is 1. The molecule has 1 fully saturated rings. The molecular weight excluding hydrogens is 192 g/mol. The van der Waals surface area contributed by atoms with Crippen LogP contribution in [0.3, 0.4) is 0 Å². The van der Waals surface area contributed by atoms with Gasteiger partial charge >= 0.3 is 5.97 Å². The minimum absolute atomic E-state index is 0.272. The van der Waals surface area contributed by atoms with Gasteiger partial charge in [0, 0.05) is 6.04 Å². The first-order valence-electron chi connectivity index (χ1n) is 5.14. The monoisotopic (exact) mass is 206 g/mol. The fourth-order valence-electron chi connectivity index (χ4n) is 1.63. The highest BCUT2D eigenvalue weighted by Crippen LogP contribution is 2.22. The Balaban J connectivity index is 2.13. The average molecular weight is 206 g/mol. The van der Waals surface area contributed by atoms with Gasteiger partial charge in [0.25, 0.3) is 0 Å². The molecule has 0 aromatic carbocycles. The fraction of sp³-hybridized carbons (Fsp3) is 0.455. The second kappa shape index (κ2) is 3.88. The minimum atomic E-state index is -0.921. The van der Waals surface area contributed by atoms with Gasteiger partial charge in [0.1, 0.15) is 5.82 Å². The van der Waals surface area contributed by atoms with E-state index in [9.17, 15) is 4.79 Å². The molecule has 0 spiro atoms. The smallest absolute Gasteiger partial charge is 0.337 e. The first-order chi connectivity index (χ1) is 7.16. The van der Waals surface area contributed by atoms with Crippen molar-refractivity contribution in [1.29, 1.82) is 0 Å². The summed E-state index contributed by atoms with van der Waals surface area (Å²) in [6.07, 6.45) is 3.63. The van der Waals surface area contributed by atoms with Crippen LogP contribution in [0, 0.1) is 6.92 Å². The van der Waals surface area contributed by atoms with E-state index in [4.69, 9.17) is 5.11 Å².